The van der Waals surface area contributed by atoms with Crippen LogP contribution in [0.1, 0.15) is 43.4 Å². The second kappa shape index (κ2) is 7.87. The van der Waals surface area contributed by atoms with Crippen molar-refractivity contribution in [2.24, 2.45) is 0 Å². The maximum atomic E-state index is 12.8. The van der Waals surface area contributed by atoms with E-state index in [9.17, 15) is 14.9 Å². The minimum absolute atomic E-state index is 0.118. The van der Waals surface area contributed by atoms with Crippen LogP contribution in [0.3, 0.4) is 0 Å². The van der Waals surface area contributed by atoms with Gasteiger partial charge in [-0.15, -0.1) is 0 Å². The van der Waals surface area contributed by atoms with Gasteiger partial charge in [0.15, 0.2) is 0 Å². The first-order chi connectivity index (χ1) is 12.9. The van der Waals surface area contributed by atoms with Crippen LogP contribution in [-0.2, 0) is 11.3 Å². The van der Waals surface area contributed by atoms with Gasteiger partial charge >= 0.3 is 0 Å². The third kappa shape index (κ3) is 3.30. The van der Waals surface area contributed by atoms with E-state index in [-0.39, 0.29) is 17.0 Å². The highest BCUT2D eigenvalue weighted by molar-refractivity contribution is 8.26. The van der Waals surface area contributed by atoms with Crippen LogP contribution in [0.15, 0.2) is 9.70 Å². The molecule has 1 aromatic heterocycles. The number of nitrogens with zero attached hydrogens (tertiary/aromatic N) is 4. The molecule has 0 unspecified atom stereocenters. The molecule has 1 aromatic rings. The molecule has 0 bridgehead atoms. The lowest BCUT2D eigenvalue weighted by Gasteiger charge is -2.26. The summed E-state index contributed by atoms with van der Waals surface area (Å²) < 4.78 is 2.20. The molecule has 2 aliphatic heterocycles. The monoisotopic (exact) mass is 402 g/mol. The van der Waals surface area contributed by atoms with Crippen molar-refractivity contribution in [3.63, 3.8) is 0 Å². The minimum atomic E-state index is -0.266. The summed E-state index contributed by atoms with van der Waals surface area (Å²) in [5.41, 5.74) is 1.26. The summed E-state index contributed by atoms with van der Waals surface area (Å²) in [4.78, 5) is 29.8. The number of amides is 1. The Labute approximate surface area is 168 Å². The zero-order chi connectivity index (χ0) is 19.7. The Hall–Kier alpha value is -2.11. The summed E-state index contributed by atoms with van der Waals surface area (Å²) in [7, 11) is 0. The van der Waals surface area contributed by atoms with E-state index in [0.717, 1.165) is 37.3 Å². The average molecular weight is 403 g/mol. The van der Waals surface area contributed by atoms with Gasteiger partial charge in [-0.25, -0.2) is 0 Å². The molecule has 3 heterocycles. The lowest BCUT2D eigenvalue weighted by Crippen LogP contribution is -2.32. The van der Waals surface area contributed by atoms with Gasteiger partial charge in [-0.3, -0.25) is 19.1 Å². The van der Waals surface area contributed by atoms with Gasteiger partial charge in [-0.2, -0.15) is 5.26 Å². The lowest BCUT2D eigenvalue weighted by molar-refractivity contribution is -0.121. The Balaban J connectivity index is 2.27. The van der Waals surface area contributed by atoms with Gasteiger partial charge in [0.05, 0.1) is 4.91 Å². The molecule has 0 spiro atoms. The molecule has 0 aliphatic carbocycles. The number of thiocarbonyl (C=S) groups is 1. The van der Waals surface area contributed by atoms with Crippen LogP contribution in [0.25, 0.3) is 6.08 Å². The SMILES string of the molecule is CCN1C(=O)/C(=C/c2c(C)c(C#N)c(=O)n(CC)c2N2CCCC2)SC1=S. The molecule has 2 fully saturated rings. The Morgan fingerprint density at radius 3 is 2.41 bits per heavy atom. The van der Waals surface area contributed by atoms with E-state index < -0.39 is 0 Å². The van der Waals surface area contributed by atoms with Crippen LogP contribution in [0.5, 0.6) is 0 Å². The number of hydrogen-bond donors (Lipinski definition) is 0. The van der Waals surface area contributed by atoms with Gasteiger partial charge in [0.1, 0.15) is 21.8 Å². The minimum Gasteiger partial charge on any atom is -0.357 e. The summed E-state index contributed by atoms with van der Waals surface area (Å²) in [6.07, 6.45) is 3.94. The van der Waals surface area contributed by atoms with E-state index in [2.05, 4.69) is 11.0 Å². The quantitative estimate of drug-likeness (QED) is 0.570. The van der Waals surface area contributed by atoms with Crippen molar-refractivity contribution in [1.29, 1.82) is 5.26 Å². The lowest BCUT2D eigenvalue weighted by atomic mass is 10.0. The van der Waals surface area contributed by atoms with Gasteiger partial charge in [0.25, 0.3) is 11.5 Å². The number of carbonyl (C=O) groups excluding carboxylic acids is 1. The molecule has 6 nitrogen and oxygen atoms in total. The number of nitriles is 1. The van der Waals surface area contributed by atoms with E-state index in [0.29, 0.717) is 27.9 Å². The maximum Gasteiger partial charge on any atom is 0.270 e. The molecule has 1 amide bonds. The number of carbonyl (C=O) groups is 1. The molecule has 2 saturated heterocycles. The van der Waals surface area contributed by atoms with E-state index in [1.807, 2.05) is 19.9 Å². The number of aromatic nitrogens is 1. The summed E-state index contributed by atoms with van der Waals surface area (Å²) >= 11 is 6.58. The summed E-state index contributed by atoms with van der Waals surface area (Å²) in [5, 5.41) is 9.54. The standard InChI is InChI=1S/C19H22N4O2S2/c1-4-22-16(21-8-6-7-9-21)13(12(3)14(11-20)17(22)24)10-15-18(25)23(5-2)19(26)27-15/h10H,4-9H2,1-3H3/b15-10-. The van der Waals surface area contributed by atoms with Crippen molar-refractivity contribution in [3.05, 3.63) is 31.9 Å². The van der Waals surface area contributed by atoms with Crippen molar-refractivity contribution in [2.75, 3.05) is 24.5 Å². The van der Waals surface area contributed by atoms with Gasteiger partial charge in [0, 0.05) is 31.7 Å². The normalized spacial score (nSPS) is 18.7. The van der Waals surface area contributed by atoms with Crippen LogP contribution >= 0.6 is 24.0 Å². The van der Waals surface area contributed by atoms with Crippen LogP contribution in [0, 0.1) is 18.3 Å². The van der Waals surface area contributed by atoms with Crippen molar-refractivity contribution < 1.29 is 4.79 Å². The van der Waals surface area contributed by atoms with Gasteiger partial charge < -0.3 is 4.90 Å². The van der Waals surface area contributed by atoms with Gasteiger partial charge in [0.2, 0.25) is 0 Å². The largest absolute Gasteiger partial charge is 0.357 e. The fourth-order valence-corrected chi connectivity index (χ4v) is 4.98. The number of thioether (sulfide) groups is 1. The van der Waals surface area contributed by atoms with Crippen LogP contribution < -0.4 is 10.5 Å². The molecule has 0 N–H and O–H groups in total. The first-order valence-electron chi connectivity index (χ1n) is 9.12. The van der Waals surface area contributed by atoms with Crippen molar-refractivity contribution in [2.45, 2.75) is 40.2 Å². The molecule has 8 heteroatoms. The molecule has 0 atom stereocenters. The van der Waals surface area contributed by atoms with E-state index >= 15 is 0 Å². The first kappa shape index (κ1) is 19.6. The van der Waals surface area contributed by atoms with Crippen molar-refractivity contribution in [1.82, 2.24) is 9.47 Å². The molecule has 0 saturated carbocycles. The third-order valence-electron chi connectivity index (χ3n) is 5.03. The molecular weight excluding hydrogens is 380 g/mol. The number of rotatable bonds is 4. The fourth-order valence-electron chi connectivity index (χ4n) is 3.61. The molecule has 3 rings (SSSR count). The zero-order valence-corrected chi connectivity index (χ0v) is 17.4. The maximum absolute atomic E-state index is 12.8. The number of pyridine rings is 1. The van der Waals surface area contributed by atoms with Gasteiger partial charge in [-0.05, 0) is 45.3 Å². The number of likely N-dealkylation sites (N-methyl/N-ethyl adjacent to an activating group) is 1. The highest BCUT2D eigenvalue weighted by Gasteiger charge is 2.32. The Bertz CT molecular complexity index is 936. The predicted molar refractivity (Wildman–Crippen MR) is 113 cm³/mol. The van der Waals surface area contributed by atoms with E-state index in [1.165, 1.54) is 11.8 Å². The molecule has 142 valence electrons. The fraction of sp³-hybridized carbons (Fsp3) is 0.474. The van der Waals surface area contributed by atoms with E-state index in [1.54, 1.807) is 16.4 Å². The molecule has 0 aromatic carbocycles. The molecule has 27 heavy (non-hydrogen) atoms. The topological polar surface area (TPSA) is 69.3 Å². The number of anilines is 1. The second-order valence-corrected chi connectivity index (χ2v) is 8.19. The summed E-state index contributed by atoms with van der Waals surface area (Å²) in [6.45, 7) is 8.29. The summed E-state index contributed by atoms with van der Waals surface area (Å²) in [6, 6.07) is 2.05. The summed E-state index contributed by atoms with van der Waals surface area (Å²) in [5.74, 6) is 0.685. The van der Waals surface area contributed by atoms with Crippen LogP contribution in [-0.4, -0.2) is 39.3 Å². The Morgan fingerprint density at radius 2 is 1.89 bits per heavy atom. The molecular formula is C19H22N4O2S2. The van der Waals surface area contributed by atoms with Crippen LogP contribution in [0.2, 0.25) is 0 Å². The van der Waals surface area contributed by atoms with Crippen LogP contribution in [0.4, 0.5) is 5.82 Å². The zero-order valence-electron chi connectivity index (χ0n) is 15.7. The van der Waals surface area contributed by atoms with Gasteiger partial charge in [-0.1, -0.05) is 24.0 Å². The molecule has 0 radical (unpaired) electrons. The Morgan fingerprint density at radius 1 is 1.22 bits per heavy atom. The smallest absolute Gasteiger partial charge is 0.270 e. The highest BCUT2D eigenvalue weighted by atomic mass is 32.2. The Kier molecular flexibility index (Phi) is 5.72. The average Bonchev–Trinajstić information content (AvgIpc) is 3.26. The predicted octanol–water partition coefficient (Wildman–Crippen LogP) is 2.87. The van der Waals surface area contributed by atoms with Crippen molar-refractivity contribution in [3.8, 4) is 6.07 Å². The third-order valence-corrected chi connectivity index (χ3v) is 6.41. The highest BCUT2D eigenvalue weighted by Crippen LogP contribution is 2.36. The van der Waals surface area contributed by atoms with Crippen molar-refractivity contribution >= 4 is 46.1 Å². The second-order valence-electron chi connectivity index (χ2n) is 6.52. The molecule has 2 aliphatic rings. The van der Waals surface area contributed by atoms with E-state index in [4.69, 9.17) is 12.2 Å². The first-order valence-corrected chi connectivity index (χ1v) is 10.3. The number of hydrogen-bond acceptors (Lipinski definition) is 6.